The number of nitrogens with zero attached hydrogens (tertiary/aromatic N) is 2. The molecule has 0 aliphatic carbocycles. The number of rotatable bonds is 4. The van der Waals surface area contributed by atoms with Gasteiger partial charge in [-0.25, -0.2) is 4.98 Å². The Balaban J connectivity index is 1.57. The second-order valence-electron chi connectivity index (χ2n) is 5.77. The van der Waals surface area contributed by atoms with Crippen molar-refractivity contribution >= 4 is 49.9 Å². The molecule has 2 heterocycles. The Hall–Kier alpha value is -2.64. The summed E-state index contributed by atoms with van der Waals surface area (Å²) in [4.78, 5) is 30.0. The molecule has 0 fully saturated rings. The van der Waals surface area contributed by atoms with Crippen LogP contribution in [0.25, 0.3) is 15.2 Å². The number of carbonyl (C=O) groups excluding carboxylic acids is 1. The first-order valence-corrected chi connectivity index (χ1v) is 9.81. The van der Waals surface area contributed by atoms with Crippen molar-refractivity contribution in [2.45, 2.75) is 17.6 Å². The first-order chi connectivity index (χ1) is 12.6. The van der Waals surface area contributed by atoms with E-state index in [4.69, 9.17) is 0 Å². The van der Waals surface area contributed by atoms with E-state index in [1.807, 2.05) is 48.5 Å². The Morgan fingerprint density at radius 1 is 1.19 bits per heavy atom. The van der Waals surface area contributed by atoms with Crippen molar-refractivity contribution in [2.24, 2.45) is 0 Å². The minimum atomic E-state index is -0.0910. The maximum atomic E-state index is 12.5. The van der Waals surface area contributed by atoms with Crippen molar-refractivity contribution in [1.29, 1.82) is 0 Å². The molecule has 0 bridgehead atoms. The van der Waals surface area contributed by atoms with Crippen LogP contribution in [0.15, 0.2) is 64.3 Å². The minimum absolute atomic E-state index is 0.0518. The van der Waals surface area contributed by atoms with E-state index in [1.54, 1.807) is 22.2 Å². The second-order valence-corrected chi connectivity index (χ2v) is 7.83. The summed E-state index contributed by atoms with van der Waals surface area (Å²) >= 11 is 3.13. The van der Waals surface area contributed by atoms with Gasteiger partial charge in [0.25, 0.3) is 5.56 Å². The zero-order valence-corrected chi connectivity index (χ0v) is 15.6. The number of para-hydroxylation sites is 1. The lowest BCUT2D eigenvalue weighted by molar-refractivity contribution is -0.114. The van der Waals surface area contributed by atoms with Crippen LogP contribution in [-0.2, 0) is 10.5 Å². The highest BCUT2D eigenvalue weighted by Crippen LogP contribution is 2.26. The molecule has 130 valence electrons. The van der Waals surface area contributed by atoms with Crippen LogP contribution < -0.4 is 10.9 Å². The molecule has 1 N–H and O–H groups in total. The maximum Gasteiger partial charge on any atom is 0.259 e. The van der Waals surface area contributed by atoms with Crippen LogP contribution in [0.2, 0.25) is 0 Å². The number of hydrogen-bond acceptors (Lipinski definition) is 5. The van der Waals surface area contributed by atoms with E-state index in [0.29, 0.717) is 5.75 Å². The lowest BCUT2D eigenvalue weighted by atomic mass is 10.3. The van der Waals surface area contributed by atoms with Gasteiger partial charge in [0.15, 0.2) is 4.96 Å². The van der Waals surface area contributed by atoms with Gasteiger partial charge in [-0.1, -0.05) is 23.5 Å². The van der Waals surface area contributed by atoms with Gasteiger partial charge in [0, 0.05) is 29.3 Å². The number of nitrogens with one attached hydrogen (secondary N) is 1. The number of hydrogen-bond donors (Lipinski definition) is 1. The fourth-order valence-corrected chi connectivity index (χ4v) is 4.53. The fourth-order valence-electron chi connectivity index (χ4n) is 2.69. The lowest BCUT2D eigenvalue weighted by Gasteiger charge is -2.05. The average molecular weight is 381 g/mol. The molecule has 7 heteroatoms. The molecule has 1 amide bonds. The van der Waals surface area contributed by atoms with Crippen molar-refractivity contribution in [3.8, 4) is 0 Å². The quantitative estimate of drug-likeness (QED) is 0.539. The van der Waals surface area contributed by atoms with Gasteiger partial charge < -0.3 is 5.32 Å². The van der Waals surface area contributed by atoms with Gasteiger partial charge in [0.2, 0.25) is 5.91 Å². The summed E-state index contributed by atoms with van der Waals surface area (Å²) in [5, 5.41) is 2.74. The third-order valence-electron chi connectivity index (χ3n) is 3.81. The van der Waals surface area contributed by atoms with Gasteiger partial charge in [0.1, 0.15) is 0 Å². The Labute approximate surface area is 157 Å². The van der Waals surface area contributed by atoms with Crippen molar-refractivity contribution in [2.75, 3.05) is 5.32 Å². The highest BCUT2D eigenvalue weighted by atomic mass is 32.2. The van der Waals surface area contributed by atoms with Gasteiger partial charge in [-0.15, -0.1) is 11.8 Å². The topological polar surface area (TPSA) is 63.5 Å². The highest BCUT2D eigenvalue weighted by Gasteiger charge is 2.09. The summed E-state index contributed by atoms with van der Waals surface area (Å²) in [7, 11) is 0. The van der Waals surface area contributed by atoms with E-state index in [-0.39, 0.29) is 11.5 Å². The standard InChI is InChI=1S/C19H15N3O2S2/c1-12(23)20-13-6-8-15(9-7-13)25-11-14-10-18(24)22-16-4-2-3-5-17(16)26-19(22)21-14/h2-10H,11H2,1H3,(H,20,23). The lowest BCUT2D eigenvalue weighted by Crippen LogP contribution is -2.13. The third kappa shape index (κ3) is 3.36. The summed E-state index contributed by atoms with van der Waals surface area (Å²) in [5.74, 6) is 0.520. The van der Waals surface area contributed by atoms with E-state index < -0.39 is 0 Å². The van der Waals surface area contributed by atoms with Gasteiger partial charge >= 0.3 is 0 Å². The number of benzene rings is 2. The molecule has 0 unspecified atom stereocenters. The van der Waals surface area contributed by atoms with Crippen LogP contribution in [0, 0.1) is 0 Å². The minimum Gasteiger partial charge on any atom is -0.326 e. The van der Waals surface area contributed by atoms with Crippen LogP contribution >= 0.6 is 23.1 Å². The molecule has 0 atom stereocenters. The number of fused-ring (bicyclic) bond motifs is 3. The maximum absolute atomic E-state index is 12.5. The zero-order chi connectivity index (χ0) is 18.1. The Kier molecular flexibility index (Phi) is 4.48. The van der Waals surface area contributed by atoms with E-state index in [2.05, 4.69) is 10.3 Å². The molecule has 0 saturated carbocycles. The molecular weight excluding hydrogens is 366 g/mol. The largest absolute Gasteiger partial charge is 0.326 e. The molecular formula is C19H15N3O2S2. The number of thiazole rings is 1. The summed E-state index contributed by atoms with van der Waals surface area (Å²) in [6, 6.07) is 17.0. The van der Waals surface area contributed by atoms with Crippen LogP contribution in [0.5, 0.6) is 0 Å². The first kappa shape index (κ1) is 16.8. The molecule has 4 rings (SSSR count). The molecule has 2 aromatic carbocycles. The van der Waals surface area contributed by atoms with Crippen molar-refractivity contribution in [1.82, 2.24) is 9.38 Å². The van der Waals surface area contributed by atoms with Crippen LogP contribution in [0.3, 0.4) is 0 Å². The van der Waals surface area contributed by atoms with Crippen LogP contribution in [0.4, 0.5) is 5.69 Å². The molecule has 2 aromatic heterocycles. The Bertz CT molecular complexity index is 1160. The number of carbonyl (C=O) groups is 1. The smallest absolute Gasteiger partial charge is 0.259 e. The van der Waals surface area contributed by atoms with Gasteiger partial charge in [-0.2, -0.15) is 0 Å². The molecule has 5 nitrogen and oxygen atoms in total. The molecule has 4 aromatic rings. The van der Waals surface area contributed by atoms with Crippen LogP contribution in [0.1, 0.15) is 12.6 Å². The normalized spacial score (nSPS) is 11.1. The molecule has 0 radical (unpaired) electrons. The van der Waals surface area contributed by atoms with Gasteiger partial charge in [-0.05, 0) is 36.4 Å². The fraction of sp³-hybridized carbons (Fsp3) is 0.105. The molecule has 0 aliphatic heterocycles. The van der Waals surface area contributed by atoms with Crippen molar-refractivity contribution < 1.29 is 4.79 Å². The summed E-state index contributed by atoms with van der Waals surface area (Å²) in [6.07, 6.45) is 0. The van der Waals surface area contributed by atoms with E-state index in [9.17, 15) is 9.59 Å². The van der Waals surface area contributed by atoms with Gasteiger partial charge in [0.05, 0.1) is 15.9 Å². The number of amides is 1. The molecule has 26 heavy (non-hydrogen) atoms. The average Bonchev–Trinajstić information content (AvgIpc) is 2.99. The molecule has 0 aliphatic rings. The zero-order valence-electron chi connectivity index (χ0n) is 13.9. The summed E-state index contributed by atoms with van der Waals surface area (Å²) < 4.78 is 2.71. The summed E-state index contributed by atoms with van der Waals surface area (Å²) in [6.45, 7) is 1.48. The van der Waals surface area contributed by atoms with Crippen molar-refractivity contribution in [3.05, 3.63) is 70.6 Å². The number of aromatic nitrogens is 2. The van der Waals surface area contributed by atoms with E-state index in [1.165, 1.54) is 18.3 Å². The van der Waals surface area contributed by atoms with E-state index in [0.717, 1.165) is 31.5 Å². The first-order valence-electron chi connectivity index (χ1n) is 8.01. The van der Waals surface area contributed by atoms with E-state index >= 15 is 0 Å². The monoisotopic (exact) mass is 381 g/mol. The molecule has 0 saturated heterocycles. The van der Waals surface area contributed by atoms with Crippen molar-refractivity contribution in [3.63, 3.8) is 0 Å². The predicted octanol–water partition coefficient (Wildman–Crippen LogP) is 4.16. The highest BCUT2D eigenvalue weighted by molar-refractivity contribution is 7.98. The third-order valence-corrected chi connectivity index (χ3v) is 5.88. The number of thioether (sulfide) groups is 1. The van der Waals surface area contributed by atoms with Crippen LogP contribution in [-0.4, -0.2) is 15.3 Å². The SMILES string of the molecule is CC(=O)Nc1ccc(SCc2cc(=O)n3c(n2)sc2ccccc23)cc1. The number of anilines is 1. The molecule has 0 spiro atoms. The predicted molar refractivity (Wildman–Crippen MR) is 107 cm³/mol. The summed E-state index contributed by atoms with van der Waals surface area (Å²) in [5.41, 5.74) is 2.38. The van der Waals surface area contributed by atoms with Gasteiger partial charge in [-0.3, -0.25) is 14.0 Å². The Morgan fingerprint density at radius 2 is 1.96 bits per heavy atom. The Morgan fingerprint density at radius 3 is 2.73 bits per heavy atom. The second kappa shape index (κ2) is 6.93.